The first-order valence-corrected chi connectivity index (χ1v) is 8.68. The number of benzene rings is 1. The fourth-order valence-electron chi connectivity index (χ4n) is 2.41. The molecule has 0 aliphatic heterocycles. The predicted molar refractivity (Wildman–Crippen MR) is 79.4 cm³/mol. The Morgan fingerprint density at radius 2 is 2.05 bits per heavy atom. The molecule has 1 unspecified atom stereocenters. The molecular formula is C14H13NO4S2. The van der Waals surface area contributed by atoms with Gasteiger partial charge in [-0.25, -0.2) is 17.9 Å². The van der Waals surface area contributed by atoms with E-state index in [1.165, 1.54) is 23.3 Å². The van der Waals surface area contributed by atoms with Gasteiger partial charge in [0.25, 0.3) is 0 Å². The fraction of sp³-hybridized carbons (Fsp3) is 0.214. The molecule has 2 aromatic rings. The lowest BCUT2D eigenvalue weighted by atomic mass is 9.78. The molecule has 0 amide bonds. The zero-order chi connectivity index (χ0) is 15.0. The molecule has 1 aromatic carbocycles. The van der Waals surface area contributed by atoms with Crippen LogP contribution in [0.2, 0.25) is 0 Å². The molecule has 0 saturated heterocycles. The summed E-state index contributed by atoms with van der Waals surface area (Å²) < 4.78 is 26.9. The van der Waals surface area contributed by atoms with Crippen molar-refractivity contribution in [1.29, 1.82) is 0 Å². The lowest BCUT2D eigenvalue weighted by Gasteiger charge is -2.29. The van der Waals surface area contributed by atoms with Crippen LogP contribution < -0.4 is 4.72 Å². The highest BCUT2D eigenvalue weighted by Crippen LogP contribution is 2.34. The van der Waals surface area contributed by atoms with E-state index in [4.69, 9.17) is 5.11 Å². The Balaban J connectivity index is 1.69. The predicted octanol–water partition coefficient (Wildman–Crippen LogP) is 2.06. The molecule has 1 heterocycles. The van der Waals surface area contributed by atoms with Gasteiger partial charge in [-0.1, -0.05) is 24.3 Å². The van der Waals surface area contributed by atoms with Crippen LogP contribution in [0.3, 0.4) is 0 Å². The molecule has 7 heteroatoms. The van der Waals surface area contributed by atoms with E-state index in [2.05, 4.69) is 4.72 Å². The number of hydrogen-bond acceptors (Lipinski definition) is 4. The fourth-order valence-corrected chi connectivity index (χ4v) is 4.68. The molecule has 5 nitrogen and oxygen atoms in total. The van der Waals surface area contributed by atoms with Gasteiger partial charge in [-0.3, -0.25) is 0 Å². The Hall–Kier alpha value is -1.70. The monoisotopic (exact) mass is 323 g/mol. The molecule has 110 valence electrons. The number of carboxylic acids is 1. The van der Waals surface area contributed by atoms with Crippen molar-refractivity contribution in [1.82, 2.24) is 4.72 Å². The summed E-state index contributed by atoms with van der Waals surface area (Å²) >= 11 is 0.761. The van der Waals surface area contributed by atoms with Gasteiger partial charge in [-0.05, 0) is 29.7 Å². The second kappa shape index (κ2) is 5.25. The van der Waals surface area contributed by atoms with Crippen LogP contribution in [0, 0.1) is 0 Å². The molecule has 0 radical (unpaired) electrons. The third-order valence-electron chi connectivity index (χ3n) is 3.54. The molecule has 0 fully saturated rings. The van der Waals surface area contributed by atoms with Gasteiger partial charge >= 0.3 is 5.97 Å². The zero-order valence-corrected chi connectivity index (χ0v) is 12.6. The van der Waals surface area contributed by atoms with E-state index in [0.29, 0.717) is 6.54 Å². The van der Waals surface area contributed by atoms with E-state index >= 15 is 0 Å². The van der Waals surface area contributed by atoms with Gasteiger partial charge in [0, 0.05) is 12.5 Å². The van der Waals surface area contributed by atoms with E-state index in [0.717, 1.165) is 17.8 Å². The van der Waals surface area contributed by atoms with Gasteiger partial charge in [0.1, 0.15) is 9.09 Å². The summed E-state index contributed by atoms with van der Waals surface area (Å²) in [6, 6.07) is 10.6. The summed E-state index contributed by atoms with van der Waals surface area (Å²) in [5.74, 6) is -0.927. The summed E-state index contributed by atoms with van der Waals surface area (Å²) in [4.78, 5) is 10.8. The van der Waals surface area contributed by atoms with E-state index in [1.807, 2.05) is 24.3 Å². The highest BCUT2D eigenvalue weighted by molar-refractivity contribution is 7.91. The number of thiophene rings is 1. The van der Waals surface area contributed by atoms with E-state index in [9.17, 15) is 13.2 Å². The van der Waals surface area contributed by atoms with E-state index in [-0.39, 0.29) is 15.0 Å². The number of sulfonamides is 1. The Morgan fingerprint density at radius 3 is 2.71 bits per heavy atom. The van der Waals surface area contributed by atoms with Crippen molar-refractivity contribution in [2.24, 2.45) is 0 Å². The quantitative estimate of drug-likeness (QED) is 0.882. The number of carbonyl (C=O) groups is 1. The van der Waals surface area contributed by atoms with Crippen molar-refractivity contribution in [3.05, 3.63) is 52.4 Å². The second-order valence-corrected chi connectivity index (χ2v) is 7.95. The van der Waals surface area contributed by atoms with Crippen molar-refractivity contribution in [3.63, 3.8) is 0 Å². The maximum atomic E-state index is 12.1. The summed E-state index contributed by atoms with van der Waals surface area (Å²) in [6.45, 7) is 0.333. The molecular weight excluding hydrogens is 310 g/mol. The number of hydrogen-bond donors (Lipinski definition) is 2. The minimum atomic E-state index is -3.64. The van der Waals surface area contributed by atoms with Crippen LogP contribution in [-0.4, -0.2) is 26.0 Å². The van der Waals surface area contributed by atoms with Crippen molar-refractivity contribution >= 4 is 27.3 Å². The van der Waals surface area contributed by atoms with E-state index < -0.39 is 16.0 Å². The van der Waals surface area contributed by atoms with E-state index in [1.54, 1.807) is 0 Å². The molecule has 0 bridgehead atoms. The van der Waals surface area contributed by atoms with Crippen LogP contribution in [0.15, 0.2) is 40.6 Å². The number of carboxylic acid groups (broad SMARTS) is 1. The highest BCUT2D eigenvalue weighted by atomic mass is 32.2. The van der Waals surface area contributed by atoms with Crippen molar-refractivity contribution < 1.29 is 18.3 Å². The Labute approximate surface area is 126 Å². The summed E-state index contributed by atoms with van der Waals surface area (Å²) in [5, 5.41) is 8.83. The maximum absolute atomic E-state index is 12.1. The van der Waals surface area contributed by atoms with Crippen LogP contribution in [0.25, 0.3) is 0 Å². The number of aromatic carboxylic acids is 1. The average molecular weight is 323 g/mol. The smallest absolute Gasteiger partial charge is 0.345 e. The summed E-state index contributed by atoms with van der Waals surface area (Å²) in [6.07, 6.45) is 0.865. The first-order chi connectivity index (χ1) is 9.97. The topological polar surface area (TPSA) is 83.5 Å². The third kappa shape index (κ3) is 2.72. The molecule has 1 atom stereocenters. The molecule has 2 N–H and O–H groups in total. The normalized spacial score (nSPS) is 17.0. The SMILES string of the molecule is O=C(O)c1ccc(S(=O)(=O)NCC2Cc3ccccc32)s1. The lowest BCUT2D eigenvalue weighted by Crippen LogP contribution is -2.32. The molecule has 3 rings (SSSR count). The molecule has 21 heavy (non-hydrogen) atoms. The first-order valence-electron chi connectivity index (χ1n) is 6.38. The van der Waals surface area contributed by atoms with Gasteiger partial charge in [-0.15, -0.1) is 11.3 Å². The van der Waals surface area contributed by atoms with Crippen molar-refractivity contribution in [2.75, 3.05) is 6.54 Å². The number of nitrogens with one attached hydrogen (secondary N) is 1. The Kier molecular flexibility index (Phi) is 3.56. The molecule has 1 aliphatic rings. The van der Waals surface area contributed by atoms with Crippen LogP contribution in [0.5, 0.6) is 0 Å². The Morgan fingerprint density at radius 1 is 1.29 bits per heavy atom. The van der Waals surface area contributed by atoms with Crippen LogP contribution in [0.4, 0.5) is 0 Å². The lowest BCUT2D eigenvalue weighted by molar-refractivity contribution is 0.0702. The van der Waals surface area contributed by atoms with Gasteiger partial charge < -0.3 is 5.11 Å². The van der Waals surface area contributed by atoms with Crippen LogP contribution in [0.1, 0.15) is 26.7 Å². The van der Waals surface area contributed by atoms with Crippen LogP contribution in [-0.2, 0) is 16.4 Å². The zero-order valence-electron chi connectivity index (χ0n) is 10.9. The van der Waals surface area contributed by atoms with Crippen molar-refractivity contribution in [2.45, 2.75) is 16.5 Å². The first kappa shape index (κ1) is 14.2. The minimum Gasteiger partial charge on any atom is -0.477 e. The number of fused-ring (bicyclic) bond motifs is 1. The van der Waals surface area contributed by atoms with Crippen molar-refractivity contribution in [3.8, 4) is 0 Å². The highest BCUT2D eigenvalue weighted by Gasteiger charge is 2.27. The van der Waals surface area contributed by atoms with Gasteiger partial charge in [0.2, 0.25) is 10.0 Å². The Bertz CT molecular complexity index is 795. The molecule has 0 saturated carbocycles. The molecule has 1 aromatic heterocycles. The van der Waals surface area contributed by atoms with Gasteiger partial charge in [-0.2, -0.15) is 0 Å². The number of rotatable bonds is 5. The largest absolute Gasteiger partial charge is 0.477 e. The third-order valence-corrected chi connectivity index (χ3v) is 6.53. The average Bonchev–Trinajstić information content (AvgIpc) is 2.90. The van der Waals surface area contributed by atoms with Gasteiger partial charge in [0.05, 0.1) is 0 Å². The van der Waals surface area contributed by atoms with Crippen LogP contribution >= 0.6 is 11.3 Å². The van der Waals surface area contributed by atoms with Gasteiger partial charge in [0.15, 0.2) is 0 Å². The summed E-state index contributed by atoms with van der Waals surface area (Å²) in [5.41, 5.74) is 2.43. The maximum Gasteiger partial charge on any atom is 0.345 e. The molecule has 1 aliphatic carbocycles. The summed E-state index contributed by atoms with van der Waals surface area (Å²) in [7, 11) is -3.64. The minimum absolute atomic E-state index is 0.0179. The standard InChI is InChI=1S/C14H13NO4S2/c16-14(17)12-5-6-13(20-12)21(18,19)15-8-10-7-9-3-1-2-4-11(9)10/h1-6,10,15H,7-8H2,(H,16,17). The second-order valence-electron chi connectivity index (χ2n) is 4.88. The molecule has 0 spiro atoms.